The van der Waals surface area contributed by atoms with Crippen LogP contribution in [0.5, 0.6) is 0 Å². The van der Waals surface area contributed by atoms with Gasteiger partial charge in [0.25, 0.3) is 10.0 Å². The molecule has 0 fully saturated rings. The second-order valence-electron chi connectivity index (χ2n) is 7.89. The Labute approximate surface area is 181 Å². The van der Waals surface area contributed by atoms with Gasteiger partial charge in [0.2, 0.25) is 5.91 Å². The SMILES string of the molecule is CCCC[C@@H](CC)CNC(=O)CN(c1cc(C)cc(C)c1)S(=O)(=O)c1ccccc1. The lowest BCUT2D eigenvalue weighted by atomic mass is 9.99. The Hall–Kier alpha value is -2.34. The van der Waals surface area contributed by atoms with E-state index in [-0.39, 0.29) is 17.3 Å². The van der Waals surface area contributed by atoms with E-state index in [0.29, 0.717) is 18.2 Å². The van der Waals surface area contributed by atoms with Gasteiger partial charge in [0.05, 0.1) is 10.6 Å². The lowest BCUT2D eigenvalue weighted by Gasteiger charge is -2.25. The molecule has 0 aliphatic rings. The maximum Gasteiger partial charge on any atom is 0.264 e. The molecule has 5 nitrogen and oxygen atoms in total. The molecule has 0 saturated carbocycles. The first-order chi connectivity index (χ1) is 14.3. The summed E-state index contributed by atoms with van der Waals surface area (Å²) in [5.41, 5.74) is 2.40. The third kappa shape index (κ3) is 6.59. The van der Waals surface area contributed by atoms with Crippen LogP contribution in [0, 0.1) is 19.8 Å². The van der Waals surface area contributed by atoms with Crippen LogP contribution in [0.15, 0.2) is 53.4 Å². The van der Waals surface area contributed by atoms with Crippen molar-refractivity contribution >= 4 is 21.6 Å². The van der Waals surface area contributed by atoms with Crippen molar-refractivity contribution in [3.8, 4) is 0 Å². The van der Waals surface area contributed by atoms with E-state index in [1.165, 1.54) is 4.31 Å². The van der Waals surface area contributed by atoms with Crippen molar-refractivity contribution < 1.29 is 13.2 Å². The molecular weight excluding hydrogens is 396 g/mol. The summed E-state index contributed by atoms with van der Waals surface area (Å²) < 4.78 is 28.0. The summed E-state index contributed by atoms with van der Waals surface area (Å²) in [7, 11) is -3.87. The molecular formula is C24H34N2O3S. The van der Waals surface area contributed by atoms with Gasteiger partial charge < -0.3 is 5.32 Å². The average molecular weight is 431 g/mol. The first-order valence-electron chi connectivity index (χ1n) is 10.7. The number of anilines is 1. The van der Waals surface area contributed by atoms with Crippen molar-refractivity contribution in [3.05, 3.63) is 59.7 Å². The summed E-state index contributed by atoms with van der Waals surface area (Å²) in [5.74, 6) is 0.123. The molecule has 2 aromatic rings. The number of hydrogen-bond donors (Lipinski definition) is 1. The van der Waals surface area contributed by atoms with Crippen LogP contribution in [0.3, 0.4) is 0 Å². The molecule has 1 amide bonds. The molecule has 0 heterocycles. The van der Waals surface area contributed by atoms with Gasteiger partial charge in [0.1, 0.15) is 6.54 Å². The monoisotopic (exact) mass is 430 g/mol. The van der Waals surface area contributed by atoms with Gasteiger partial charge in [0.15, 0.2) is 0 Å². The number of nitrogens with one attached hydrogen (secondary N) is 1. The maximum atomic E-state index is 13.4. The smallest absolute Gasteiger partial charge is 0.264 e. The lowest BCUT2D eigenvalue weighted by Crippen LogP contribution is -2.42. The van der Waals surface area contributed by atoms with Gasteiger partial charge in [-0.25, -0.2) is 8.42 Å². The number of nitrogens with zero attached hydrogens (tertiary/aromatic N) is 1. The third-order valence-corrected chi connectivity index (χ3v) is 7.03. The zero-order valence-corrected chi connectivity index (χ0v) is 19.3. The molecule has 30 heavy (non-hydrogen) atoms. The highest BCUT2D eigenvalue weighted by Crippen LogP contribution is 2.25. The van der Waals surface area contributed by atoms with Gasteiger partial charge in [-0.15, -0.1) is 0 Å². The van der Waals surface area contributed by atoms with Gasteiger partial charge in [-0.1, -0.05) is 57.4 Å². The Morgan fingerprint density at radius 3 is 2.23 bits per heavy atom. The first kappa shape index (κ1) is 23.9. The van der Waals surface area contributed by atoms with E-state index in [2.05, 4.69) is 19.2 Å². The standard InChI is InChI=1S/C24H34N2O3S/c1-5-7-11-21(6-2)17-25-24(27)18-26(22-15-19(3)14-20(4)16-22)30(28,29)23-12-9-8-10-13-23/h8-10,12-16,21H,5-7,11,17-18H2,1-4H3,(H,25,27)/t21-/m1/s1. The van der Waals surface area contributed by atoms with E-state index in [9.17, 15) is 13.2 Å². The normalized spacial score (nSPS) is 12.4. The van der Waals surface area contributed by atoms with Crippen molar-refractivity contribution in [2.45, 2.75) is 58.3 Å². The molecule has 0 aliphatic heterocycles. The summed E-state index contributed by atoms with van der Waals surface area (Å²) in [4.78, 5) is 12.9. The number of carbonyl (C=O) groups is 1. The highest BCUT2D eigenvalue weighted by atomic mass is 32.2. The minimum Gasteiger partial charge on any atom is -0.354 e. The molecule has 1 N–H and O–H groups in total. The molecule has 0 saturated heterocycles. The van der Waals surface area contributed by atoms with Crippen molar-refractivity contribution in [1.29, 1.82) is 0 Å². The highest BCUT2D eigenvalue weighted by molar-refractivity contribution is 7.92. The number of benzene rings is 2. The Kier molecular flexibility index (Phi) is 8.90. The van der Waals surface area contributed by atoms with Crippen molar-refractivity contribution in [3.63, 3.8) is 0 Å². The molecule has 164 valence electrons. The molecule has 0 radical (unpaired) electrons. The van der Waals surface area contributed by atoms with Crippen LogP contribution in [0.25, 0.3) is 0 Å². The molecule has 0 spiro atoms. The predicted octanol–water partition coefficient (Wildman–Crippen LogP) is 4.83. The molecule has 0 aromatic heterocycles. The maximum absolute atomic E-state index is 13.4. The fourth-order valence-corrected chi connectivity index (χ4v) is 4.94. The van der Waals surface area contributed by atoms with Gasteiger partial charge in [-0.3, -0.25) is 9.10 Å². The second-order valence-corrected chi connectivity index (χ2v) is 9.75. The lowest BCUT2D eigenvalue weighted by molar-refractivity contribution is -0.119. The Morgan fingerprint density at radius 2 is 1.67 bits per heavy atom. The summed E-state index contributed by atoms with van der Waals surface area (Å²) in [6.07, 6.45) is 4.31. The number of sulfonamides is 1. The molecule has 1 atom stereocenters. The predicted molar refractivity (Wildman–Crippen MR) is 123 cm³/mol. The summed E-state index contributed by atoms with van der Waals surface area (Å²) in [6, 6.07) is 13.8. The number of carbonyl (C=O) groups excluding carboxylic acids is 1. The number of amides is 1. The average Bonchev–Trinajstić information content (AvgIpc) is 2.72. The van der Waals surface area contributed by atoms with E-state index >= 15 is 0 Å². The molecule has 6 heteroatoms. The van der Waals surface area contributed by atoms with Crippen LogP contribution < -0.4 is 9.62 Å². The zero-order valence-electron chi connectivity index (χ0n) is 18.5. The topological polar surface area (TPSA) is 66.5 Å². The summed E-state index contributed by atoms with van der Waals surface area (Å²) in [5, 5.41) is 2.95. The fraction of sp³-hybridized carbons (Fsp3) is 0.458. The summed E-state index contributed by atoms with van der Waals surface area (Å²) in [6.45, 7) is 8.44. The minimum absolute atomic E-state index is 0.173. The van der Waals surface area contributed by atoms with Crippen LogP contribution in [0.2, 0.25) is 0 Å². The number of unbranched alkanes of at least 4 members (excludes halogenated alkanes) is 1. The fourth-order valence-electron chi connectivity index (χ4n) is 3.52. The second kappa shape index (κ2) is 11.2. The van der Waals surface area contributed by atoms with Crippen molar-refractivity contribution in [1.82, 2.24) is 5.32 Å². The Bertz CT molecular complexity index is 906. The van der Waals surface area contributed by atoms with Crippen LogP contribution in [0.1, 0.15) is 50.7 Å². The minimum atomic E-state index is -3.87. The zero-order chi connectivity index (χ0) is 22.1. The highest BCUT2D eigenvalue weighted by Gasteiger charge is 2.27. The van der Waals surface area contributed by atoms with Crippen LogP contribution in [-0.2, 0) is 14.8 Å². The molecule has 0 bridgehead atoms. The van der Waals surface area contributed by atoms with Crippen LogP contribution in [0.4, 0.5) is 5.69 Å². The number of hydrogen-bond acceptors (Lipinski definition) is 3. The molecule has 0 aliphatic carbocycles. The quantitative estimate of drug-likeness (QED) is 0.555. The number of aryl methyl sites for hydroxylation is 2. The summed E-state index contributed by atoms with van der Waals surface area (Å²) >= 11 is 0. The largest absolute Gasteiger partial charge is 0.354 e. The molecule has 2 aromatic carbocycles. The van der Waals surface area contributed by atoms with Gasteiger partial charge >= 0.3 is 0 Å². The van der Waals surface area contributed by atoms with Crippen LogP contribution >= 0.6 is 0 Å². The van der Waals surface area contributed by atoms with Crippen molar-refractivity contribution in [2.24, 2.45) is 5.92 Å². The number of rotatable bonds is 11. The van der Waals surface area contributed by atoms with Crippen molar-refractivity contribution in [2.75, 3.05) is 17.4 Å². The van der Waals surface area contributed by atoms with Gasteiger partial charge in [-0.2, -0.15) is 0 Å². The van der Waals surface area contributed by atoms with Gasteiger partial charge in [0, 0.05) is 6.54 Å². The van der Waals surface area contributed by atoms with Gasteiger partial charge in [-0.05, 0) is 61.6 Å². The van der Waals surface area contributed by atoms with E-state index in [1.54, 1.807) is 42.5 Å². The van der Waals surface area contributed by atoms with Crippen LogP contribution in [-0.4, -0.2) is 27.4 Å². The van der Waals surface area contributed by atoms with E-state index < -0.39 is 10.0 Å². The van der Waals surface area contributed by atoms with E-state index in [0.717, 1.165) is 36.8 Å². The molecule has 0 unspecified atom stereocenters. The molecule has 2 rings (SSSR count). The Morgan fingerprint density at radius 1 is 1.03 bits per heavy atom. The Balaban J connectivity index is 2.27. The first-order valence-corrected chi connectivity index (χ1v) is 12.1. The third-order valence-electron chi connectivity index (χ3n) is 5.24. The van der Waals surface area contributed by atoms with E-state index in [1.807, 2.05) is 19.9 Å². The van der Waals surface area contributed by atoms with E-state index in [4.69, 9.17) is 0 Å².